The monoisotopic (exact) mass is 353 g/mol. The topological polar surface area (TPSA) is 46.4 Å². The lowest BCUT2D eigenvalue weighted by Gasteiger charge is -2.18. The first-order chi connectivity index (χ1) is 12.6. The van der Waals surface area contributed by atoms with Crippen LogP contribution in [0.25, 0.3) is 5.65 Å². The Bertz CT molecular complexity index is 903. The largest absolute Gasteiger partial charge is 0.356 e. The van der Waals surface area contributed by atoms with Crippen molar-refractivity contribution in [3.05, 3.63) is 71.4 Å². The van der Waals surface area contributed by atoms with Crippen LogP contribution in [0.1, 0.15) is 48.9 Å². The lowest BCUT2D eigenvalue weighted by Crippen LogP contribution is -2.26. The zero-order valence-electron chi connectivity index (χ0n) is 15.2. The molecule has 0 bridgehead atoms. The summed E-state index contributed by atoms with van der Waals surface area (Å²) < 4.78 is 16.5. The molecule has 2 aromatic heterocycles. The number of fused-ring (bicyclic) bond motifs is 1. The number of imidazole rings is 1. The fourth-order valence-corrected chi connectivity index (χ4v) is 3.22. The highest BCUT2D eigenvalue weighted by molar-refractivity contribution is 5.77. The van der Waals surface area contributed by atoms with E-state index in [1.807, 2.05) is 29.7 Å². The normalized spacial score (nSPS) is 12.3. The highest BCUT2D eigenvalue weighted by Gasteiger charge is 2.24. The third-order valence-corrected chi connectivity index (χ3v) is 4.64. The van der Waals surface area contributed by atoms with Crippen molar-refractivity contribution < 1.29 is 9.18 Å². The first-order valence-corrected chi connectivity index (χ1v) is 9.05. The summed E-state index contributed by atoms with van der Waals surface area (Å²) in [7, 11) is 0. The molecule has 0 fully saturated rings. The van der Waals surface area contributed by atoms with Crippen molar-refractivity contribution in [1.82, 2.24) is 14.7 Å². The van der Waals surface area contributed by atoms with E-state index in [0.717, 1.165) is 29.7 Å². The molecule has 0 aliphatic heterocycles. The lowest BCUT2D eigenvalue weighted by atomic mass is 9.92. The van der Waals surface area contributed by atoms with Crippen molar-refractivity contribution in [2.75, 3.05) is 6.54 Å². The first-order valence-electron chi connectivity index (χ1n) is 9.05. The Kier molecular flexibility index (Phi) is 5.66. The zero-order valence-corrected chi connectivity index (χ0v) is 15.2. The van der Waals surface area contributed by atoms with Crippen molar-refractivity contribution >= 4 is 11.6 Å². The molecule has 1 N–H and O–H groups in total. The van der Waals surface area contributed by atoms with Gasteiger partial charge in [-0.2, -0.15) is 0 Å². The molecule has 26 heavy (non-hydrogen) atoms. The molecule has 3 rings (SSSR count). The molecule has 2 heterocycles. The van der Waals surface area contributed by atoms with Gasteiger partial charge in [-0.05, 0) is 36.6 Å². The standard InChI is InChI=1S/C21H24FN3O/c1-3-4-11-23-20(26)13-17(16-9-5-6-10-18(16)22)19-14-24-21-15(2)8-7-12-25(19)21/h5-10,12,14,17H,3-4,11,13H2,1-2H3,(H,23,26). The molecule has 1 amide bonds. The third-order valence-electron chi connectivity index (χ3n) is 4.64. The quantitative estimate of drug-likeness (QED) is 0.647. The van der Waals surface area contributed by atoms with Gasteiger partial charge in [0.2, 0.25) is 5.91 Å². The maximum atomic E-state index is 14.5. The molecular weight excluding hydrogens is 329 g/mol. The number of nitrogens with one attached hydrogen (secondary N) is 1. The Morgan fingerprint density at radius 2 is 2.08 bits per heavy atom. The number of carbonyl (C=O) groups excluding carboxylic acids is 1. The van der Waals surface area contributed by atoms with Gasteiger partial charge in [0.15, 0.2) is 0 Å². The van der Waals surface area contributed by atoms with Gasteiger partial charge < -0.3 is 9.72 Å². The van der Waals surface area contributed by atoms with E-state index in [9.17, 15) is 9.18 Å². The highest BCUT2D eigenvalue weighted by Crippen LogP contribution is 2.31. The third kappa shape index (κ3) is 3.77. The molecule has 1 aromatic carbocycles. The van der Waals surface area contributed by atoms with E-state index in [4.69, 9.17) is 0 Å². The van der Waals surface area contributed by atoms with Gasteiger partial charge in [0.05, 0.1) is 5.69 Å². The summed E-state index contributed by atoms with van der Waals surface area (Å²) in [4.78, 5) is 16.9. The Morgan fingerprint density at radius 1 is 1.27 bits per heavy atom. The molecule has 1 atom stereocenters. The van der Waals surface area contributed by atoms with Crippen molar-refractivity contribution in [2.24, 2.45) is 0 Å². The number of benzene rings is 1. The molecule has 4 nitrogen and oxygen atoms in total. The minimum absolute atomic E-state index is 0.0747. The van der Waals surface area contributed by atoms with Gasteiger partial charge in [-0.15, -0.1) is 0 Å². The minimum Gasteiger partial charge on any atom is -0.356 e. The maximum absolute atomic E-state index is 14.5. The maximum Gasteiger partial charge on any atom is 0.221 e. The van der Waals surface area contributed by atoms with Crippen LogP contribution in [0.2, 0.25) is 0 Å². The number of rotatable bonds is 7. The van der Waals surface area contributed by atoms with Crippen LogP contribution in [0.15, 0.2) is 48.8 Å². The second-order valence-electron chi connectivity index (χ2n) is 6.55. The fourth-order valence-electron chi connectivity index (χ4n) is 3.22. The van der Waals surface area contributed by atoms with Crippen LogP contribution in [-0.4, -0.2) is 21.8 Å². The van der Waals surface area contributed by atoms with E-state index >= 15 is 0 Å². The predicted molar refractivity (Wildman–Crippen MR) is 101 cm³/mol. The Balaban J connectivity index is 1.99. The Morgan fingerprint density at radius 3 is 2.85 bits per heavy atom. The van der Waals surface area contributed by atoms with E-state index in [0.29, 0.717) is 12.1 Å². The number of carbonyl (C=O) groups is 1. The van der Waals surface area contributed by atoms with Gasteiger partial charge >= 0.3 is 0 Å². The number of pyridine rings is 1. The Hall–Kier alpha value is -2.69. The van der Waals surface area contributed by atoms with Crippen molar-refractivity contribution in [3.8, 4) is 0 Å². The Labute approximate surface area is 153 Å². The summed E-state index contributed by atoms with van der Waals surface area (Å²) in [5.74, 6) is -0.773. The molecule has 0 aliphatic rings. The van der Waals surface area contributed by atoms with Crippen LogP contribution in [-0.2, 0) is 4.79 Å². The number of hydrogen-bond acceptors (Lipinski definition) is 2. The van der Waals surface area contributed by atoms with Gasteiger partial charge in [-0.3, -0.25) is 4.79 Å². The average Bonchev–Trinajstić information content (AvgIpc) is 3.06. The fraction of sp³-hybridized carbons (Fsp3) is 0.333. The van der Waals surface area contributed by atoms with Crippen LogP contribution < -0.4 is 5.32 Å². The zero-order chi connectivity index (χ0) is 18.5. The van der Waals surface area contributed by atoms with E-state index in [1.54, 1.807) is 24.4 Å². The number of halogens is 1. The van der Waals surface area contributed by atoms with E-state index < -0.39 is 5.92 Å². The lowest BCUT2D eigenvalue weighted by molar-refractivity contribution is -0.121. The summed E-state index contributed by atoms with van der Waals surface area (Å²) in [5, 5.41) is 2.93. The minimum atomic E-state index is -0.394. The molecule has 5 heteroatoms. The van der Waals surface area contributed by atoms with Gasteiger partial charge in [0.25, 0.3) is 0 Å². The second-order valence-corrected chi connectivity index (χ2v) is 6.55. The number of aromatic nitrogens is 2. The van der Waals surface area contributed by atoms with E-state index in [1.165, 1.54) is 6.07 Å². The second kappa shape index (κ2) is 8.13. The number of aryl methyl sites for hydroxylation is 1. The summed E-state index contributed by atoms with van der Waals surface area (Å²) in [6, 6.07) is 10.6. The molecule has 0 saturated heterocycles. The average molecular weight is 353 g/mol. The van der Waals surface area contributed by atoms with Crippen LogP contribution in [0.3, 0.4) is 0 Å². The van der Waals surface area contributed by atoms with Crippen LogP contribution in [0.4, 0.5) is 4.39 Å². The number of unbranched alkanes of at least 4 members (excludes halogenated alkanes) is 1. The van der Waals surface area contributed by atoms with Crippen molar-refractivity contribution in [3.63, 3.8) is 0 Å². The highest BCUT2D eigenvalue weighted by atomic mass is 19.1. The molecule has 136 valence electrons. The molecule has 0 aliphatic carbocycles. The van der Waals surface area contributed by atoms with Crippen LogP contribution in [0, 0.1) is 12.7 Å². The van der Waals surface area contributed by atoms with Gasteiger partial charge in [-0.25, -0.2) is 9.37 Å². The van der Waals surface area contributed by atoms with Crippen LogP contribution >= 0.6 is 0 Å². The summed E-state index contributed by atoms with van der Waals surface area (Å²) in [6.45, 7) is 4.71. The SMILES string of the molecule is CCCCNC(=O)CC(c1ccccc1F)c1cnc2c(C)cccn12. The van der Waals surface area contributed by atoms with Crippen LogP contribution in [0.5, 0.6) is 0 Å². The smallest absolute Gasteiger partial charge is 0.221 e. The first kappa shape index (κ1) is 18.1. The molecule has 0 saturated carbocycles. The molecule has 0 radical (unpaired) electrons. The molecule has 3 aromatic rings. The van der Waals surface area contributed by atoms with E-state index in [2.05, 4.69) is 17.2 Å². The molecular formula is C21H24FN3O. The van der Waals surface area contributed by atoms with Gasteiger partial charge in [-0.1, -0.05) is 37.6 Å². The molecule has 1 unspecified atom stereocenters. The number of nitrogens with zero attached hydrogens (tertiary/aromatic N) is 2. The summed E-state index contributed by atoms with van der Waals surface area (Å²) in [6.07, 6.45) is 5.80. The number of amides is 1. The number of hydrogen-bond donors (Lipinski definition) is 1. The van der Waals surface area contributed by atoms with Gasteiger partial charge in [0.1, 0.15) is 11.5 Å². The van der Waals surface area contributed by atoms with Gasteiger partial charge in [0, 0.05) is 31.3 Å². The molecule has 0 spiro atoms. The van der Waals surface area contributed by atoms with Crippen molar-refractivity contribution in [2.45, 2.75) is 39.0 Å². The van der Waals surface area contributed by atoms with Crippen molar-refractivity contribution in [1.29, 1.82) is 0 Å². The predicted octanol–water partition coefficient (Wildman–Crippen LogP) is 4.22. The summed E-state index contributed by atoms with van der Waals surface area (Å²) in [5.41, 5.74) is 3.20. The van der Waals surface area contributed by atoms with E-state index in [-0.39, 0.29) is 18.1 Å². The summed E-state index contributed by atoms with van der Waals surface area (Å²) >= 11 is 0.